The van der Waals surface area contributed by atoms with E-state index in [0.29, 0.717) is 6.54 Å². The number of aliphatic carboxylic acids is 1. The number of hydrogen-bond donors (Lipinski definition) is 1. The van der Waals surface area contributed by atoms with Crippen LogP contribution in [0.5, 0.6) is 0 Å². The Balaban J connectivity index is 2.16. The summed E-state index contributed by atoms with van der Waals surface area (Å²) in [6.07, 6.45) is 1.33. The van der Waals surface area contributed by atoms with Gasteiger partial charge in [-0.05, 0) is 6.42 Å². The molecule has 0 spiro atoms. The molecular weight excluding hydrogens is 156 g/mol. The van der Waals surface area contributed by atoms with E-state index in [4.69, 9.17) is 0 Å². The molecule has 0 atom stereocenters. The van der Waals surface area contributed by atoms with Crippen LogP contribution in [-0.2, 0) is 4.79 Å². The lowest BCUT2D eigenvalue weighted by Gasteiger charge is -2.17. The summed E-state index contributed by atoms with van der Waals surface area (Å²) in [6.45, 7) is 4.95. The van der Waals surface area contributed by atoms with Crippen LogP contribution in [0.25, 0.3) is 0 Å². The van der Waals surface area contributed by atoms with E-state index in [2.05, 4.69) is 10.2 Å². The first-order valence-electron chi connectivity index (χ1n) is 4.53. The van der Waals surface area contributed by atoms with Gasteiger partial charge in [-0.15, -0.1) is 0 Å². The molecule has 1 heterocycles. The molecule has 1 aliphatic rings. The highest BCUT2D eigenvalue weighted by Crippen LogP contribution is 1.93. The van der Waals surface area contributed by atoms with E-state index < -0.39 is 5.97 Å². The Hall–Kier alpha value is -0.610. The molecule has 0 aromatic rings. The maximum absolute atomic E-state index is 10.2. The summed E-state index contributed by atoms with van der Waals surface area (Å²) >= 11 is 0. The summed E-state index contributed by atoms with van der Waals surface area (Å²) in [5.74, 6) is -0.941. The molecule has 0 radical (unpaired) electrons. The molecule has 0 amide bonds. The lowest BCUT2D eigenvalue weighted by molar-refractivity contribution is -0.651. The molecule has 70 valence electrons. The summed E-state index contributed by atoms with van der Waals surface area (Å²) in [7, 11) is 0. The zero-order valence-electron chi connectivity index (χ0n) is 7.29. The van der Waals surface area contributed by atoms with Crippen molar-refractivity contribution >= 4 is 5.97 Å². The van der Waals surface area contributed by atoms with Crippen LogP contribution < -0.4 is 10.4 Å². The van der Waals surface area contributed by atoms with Crippen LogP contribution in [0.2, 0.25) is 0 Å². The van der Waals surface area contributed by atoms with Gasteiger partial charge in [0.2, 0.25) is 0 Å². The standard InChI is InChI=1S/C8H16N2O2/c11-8(12)2-6-10-5-1-3-9-4-7-10/h9H,1-7H2,(H,11,12). The van der Waals surface area contributed by atoms with Crippen molar-refractivity contribution in [3.63, 3.8) is 0 Å². The molecule has 1 saturated heterocycles. The van der Waals surface area contributed by atoms with E-state index in [1.54, 1.807) is 0 Å². The predicted octanol–water partition coefficient (Wildman–Crippen LogP) is -2.60. The van der Waals surface area contributed by atoms with Gasteiger partial charge < -0.3 is 15.2 Å². The highest BCUT2D eigenvalue weighted by molar-refractivity contribution is 5.64. The van der Waals surface area contributed by atoms with Crippen molar-refractivity contribution in [1.29, 1.82) is 0 Å². The average molecular weight is 172 g/mol. The number of carbonyl (C=O) groups excluding carboxylic acids is 1. The third-order valence-corrected chi connectivity index (χ3v) is 2.16. The summed E-state index contributed by atoms with van der Waals surface area (Å²) in [6, 6.07) is 0. The number of hydrogen-bond acceptors (Lipinski definition) is 3. The Kier molecular flexibility index (Phi) is 4.04. The first kappa shape index (κ1) is 9.48. The van der Waals surface area contributed by atoms with Crippen LogP contribution in [0.4, 0.5) is 0 Å². The minimum absolute atomic E-state index is 0.167. The Morgan fingerprint density at radius 3 is 3.00 bits per heavy atom. The lowest BCUT2D eigenvalue weighted by atomic mass is 10.3. The molecule has 0 aliphatic carbocycles. The van der Waals surface area contributed by atoms with Gasteiger partial charge in [0.1, 0.15) is 0 Å². The van der Waals surface area contributed by atoms with E-state index in [-0.39, 0.29) is 6.42 Å². The van der Waals surface area contributed by atoms with Gasteiger partial charge in [-0.25, -0.2) is 0 Å². The van der Waals surface area contributed by atoms with Gasteiger partial charge in [0.15, 0.2) is 0 Å². The SMILES string of the molecule is O=C([O-])CCN1CCC[NH2+]CC1. The largest absolute Gasteiger partial charge is 0.550 e. The second-order valence-electron chi connectivity index (χ2n) is 3.18. The van der Waals surface area contributed by atoms with E-state index >= 15 is 0 Å². The van der Waals surface area contributed by atoms with Crippen molar-refractivity contribution in [2.75, 3.05) is 32.7 Å². The number of carboxylic acid groups (broad SMARTS) is 1. The lowest BCUT2D eigenvalue weighted by Crippen LogP contribution is -2.84. The van der Waals surface area contributed by atoms with Gasteiger partial charge in [0.05, 0.1) is 13.1 Å². The molecule has 2 N–H and O–H groups in total. The van der Waals surface area contributed by atoms with Crippen molar-refractivity contribution < 1.29 is 15.2 Å². The second-order valence-corrected chi connectivity index (χ2v) is 3.18. The number of carboxylic acids is 1. The van der Waals surface area contributed by atoms with Crippen molar-refractivity contribution in [2.24, 2.45) is 0 Å². The monoisotopic (exact) mass is 172 g/mol. The molecule has 0 bridgehead atoms. The maximum atomic E-state index is 10.2. The van der Waals surface area contributed by atoms with Crippen LogP contribution in [0.3, 0.4) is 0 Å². The maximum Gasteiger partial charge on any atom is 0.0884 e. The van der Waals surface area contributed by atoms with Crippen molar-refractivity contribution in [3.8, 4) is 0 Å². The first-order valence-corrected chi connectivity index (χ1v) is 4.53. The molecule has 0 unspecified atom stereocenters. The summed E-state index contributed by atoms with van der Waals surface area (Å²) < 4.78 is 0. The van der Waals surface area contributed by atoms with Crippen molar-refractivity contribution in [2.45, 2.75) is 12.8 Å². The topological polar surface area (TPSA) is 60.0 Å². The molecule has 1 fully saturated rings. The fraction of sp³-hybridized carbons (Fsp3) is 0.875. The molecule has 12 heavy (non-hydrogen) atoms. The molecular formula is C8H16N2O2. The van der Waals surface area contributed by atoms with Gasteiger partial charge in [-0.3, -0.25) is 4.90 Å². The van der Waals surface area contributed by atoms with E-state index in [1.807, 2.05) is 0 Å². The Labute approximate surface area is 72.6 Å². The summed E-state index contributed by atoms with van der Waals surface area (Å²) in [5.41, 5.74) is 0. The highest BCUT2D eigenvalue weighted by Gasteiger charge is 2.09. The minimum atomic E-state index is -0.941. The highest BCUT2D eigenvalue weighted by atomic mass is 16.4. The number of rotatable bonds is 3. The van der Waals surface area contributed by atoms with Crippen LogP contribution in [0.1, 0.15) is 12.8 Å². The van der Waals surface area contributed by atoms with E-state index in [9.17, 15) is 9.90 Å². The Morgan fingerprint density at radius 2 is 2.25 bits per heavy atom. The van der Waals surface area contributed by atoms with E-state index in [0.717, 1.165) is 26.1 Å². The third kappa shape index (κ3) is 3.69. The number of quaternary nitrogens is 1. The minimum Gasteiger partial charge on any atom is -0.550 e. The van der Waals surface area contributed by atoms with Crippen molar-refractivity contribution in [1.82, 2.24) is 4.90 Å². The summed E-state index contributed by atoms with van der Waals surface area (Å²) in [5, 5.41) is 12.5. The molecule has 0 saturated carbocycles. The molecule has 4 nitrogen and oxygen atoms in total. The predicted molar refractivity (Wildman–Crippen MR) is 42.3 cm³/mol. The van der Waals surface area contributed by atoms with Crippen LogP contribution in [0, 0.1) is 0 Å². The average Bonchev–Trinajstić information content (AvgIpc) is 2.28. The van der Waals surface area contributed by atoms with Gasteiger partial charge in [0.25, 0.3) is 0 Å². The fourth-order valence-corrected chi connectivity index (χ4v) is 1.46. The number of nitrogens with zero attached hydrogens (tertiary/aromatic N) is 1. The van der Waals surface area contributed by atoms with Crippen molar-refractivity contribution in [3.05, 3.63) is 0 Å². The van der Waals surface area contributed by atoms with E-state index in [1.165, 1.54) is 6.54 Å². The van der Waals surface area contributed by atoms with Gasteiger partial charge in [0, 0.05) is 32.0 Å². The summed E-state index contributed by atoms with van der Waals surface area (Å²) in [4.78, 5) is 12.4. The Morgan fingerprint density at radius 1 is 1.42 bits per heavy atom. The molecule has 1 rings (SSSR count). The van der Waals surface area contributed by atoms with Gasteiger partial charge >= 0.3 is 0 Å². The number of nitrogens with two attached hydrogens (primary N) is 1. The molecule has 1 aliphatic heterocycles. The molecule has 4 heteroatoms. The third-order valence-electron chi connectivity index (χ3n) is 2.16. The van der Waals surface area contributed by atoms with Gasteiger partial charge in [-0.1, -0.05) is 0 Å². The zero-order chi connectivity index (χ0) is 8.81. The van der Waals surface area contributed by atoms with Crippen LogP contribution >= 0.6 is 0 Å². The Bertz CT molecular complexity index is 142. The first-order chi connectivity index (χ1) is 5.79. The fourth-order valence-electron chi connectivity index (χ4n) is 1.46. The number of carbonyl (C=O) groups is 1. The quantitative estimate of drug-likeness (QED) is 0.507. The second kappa shape index (κ2) is 5.11. The van der Waals surface area contributed by atoms with Gasteiger partial charge in [-0.2, -0.15) is 0 Å². The normalized spacial score (nSPS) is 20.3. The zero-order valence-corrected chi connectivity index (χ0v) is 7.29. The van der Waals surface area contributed by atoms with Crippen LogP contribution in [-0.4, -0.2) is 43.6 Å². The smallest absolute Gasteiger partial charge is 0.0884 e. The molecule has 0 aromatic carbocycles. The van der Waals surface area contributed by atoms with Crippen LogP contribution in [0.15, 0.2) is 0 Å². The molecule has 0 aromatic heterocycles.